The molecule has 0 atom stereocenters. The fourth-order valence-electron chi connectivity index (χ4n) is 3.47. The maximum atomic E-state index is 5.86. The molecule has 0 saturated carbocycles. The van der Waals surface area contributed by atoms with Crippen molar-refractivity contribution in [2.75, 3.05) is 52.9 Å². The second-order valence-electron chi connectivity index (χ2n) is 7.47. The van der Waals surface area contributed by atoms with E-state index in [4.69, 9.17) is 60.5 Å². The average Bonchev–Trinajstić information content (AvgIpc) is 2.81. The molecular weight excluding hydrogens is 525 g/mol. The summed E-state index contributed by atoms with van der Waals surface area (Å²) in [5.41, 5.74) is 0. The van der Waals surface area contributed by atoms with Gasteiger partial charge in [-0.2, -0.15) is 0 Å². The number of hydrogen-bond acceptors (Lipinski definition) is 10. The SMILES string of the molecule is CCO[Si](CCCOC(=S)CCCC(=S)OCCC[Si](OCC)(OCC)OCC)(OCC)OCC. The standard InChI is InChI=1S/C23H48O8S2Si2/c1-7-26-34(27-8-2,28-9-3)20-14-18-24-22(32)16-13-17-23(33)25-19-15-21-35(29-10-4,30-11-5)31-12-6/h7-21H2,1-6H3. The third-order valence-corrected chi connectivity index (χ3v) is 11.7. The Hall–Kier alpha value is -0.0262. The highest BCUT2D eigenvalue weighted by Gasteiger charge is 2.40. The summed E-state index contributed by atoms with van der Waals surface area (Å²) in [6.07, 6.45) is 3.66. The molecule has 208 valence electrons. The monoisotopic (exact) mass is 572 g/mol. The molecule has 0 aliphatic heterocycles. The zero-order chi connectivity index (χ0) is 26.4. The summed E-state index contributed by atoms with van der Waals surface area (Å²) >= 11 is 10.7. The summed E-state index contributed by atoms with van der Waals surface area (Å²) in [6, 6.07) is 1.42. The molecule has 0 aromatic heterocycles. The smallest absolute Gasteiger partial charge is 0.487 e. The van der Waals surface area contributed by atoms with E-state index in [0.717, 1.165) is 19.3 Å². The third kappa shape index (κ3) is 16.4. The van der Waals surface area contributed by atoms with Crippen LogP contribution in [0.15, 0.2) is 0 Å². The van der Waals surface area contributed by atoms with E-state index in [-0.39, 0.29) is 0 Å². The Kier molecular flexibility index (Phi) is 22.0. The minimum atomic E-state index is -2.63. The zero-order valence-electron chi connectivity index (χ0n) is 22.7. The largest absolute Gasteiger partial charge is 0.501 e. The van der Waals surface area contributed by atoms with Gasteiger partial charge in [0.2, 0.25) is 0 Å². The van der Waals surface area contributed by atoms with Gasteiger partial charge in [0.15, 0.2) is 10.1 Å². The molecule has 0 fully saturated rings. The van der Waals surface area contributed by atoms with Crippen LogP contribution in [0.3, 0.4) is 0 Å². The van der Waals surface area contributed by atoms with Crippen LogP contribution in [0.5, 0.6) is 0 Å². The van der Waals surface area contributed by atoms with Gasteiger partial charge in [0, 0.05) is 64.6 Å². The van der Waals surface area contributed by atoms with Gasteiger partial charge in [0.25, 0.3) is 0 Å². The van der Waals surface area contributed by atoms with Crippen LogP contribution in [-0.2, 0) is 36.0 Å². The van der Waals surface area contributed by atoms with Crippen molar-refractivity contribution in [1.29, 1.82) is 0 Å². The summed E-state index contributed by atoms with van der Waals surface area (Å²) in [4.78, 5) is 0. The van der Waals surface area contributed by atoms with Gasteiger partial charge in [-0.25, -0.2) is 0 Å². The Balaban J connectivity index is 4.14. The van der Waals surface area contributed by atoms with Crippen molar-refractivity contribution in [3.05, 3.63) is 0 Å². The maximum Gasteiger partial charge on any atom is 0.501 e. The topological polar surface area (TPSA) is 73.8 Å². The fraction of sp³-hybridized carbons (Fsp3) is 0.913. The van der Waals surface area contributed by atoms with E-state index in [9.17, 15) is 0 Å². The van der Waals surface area contributed by atoms with Crippen LogP contribution in [0.1, 0.15) is 73.6 Å². The van der Waals surface area contributed by atoms with E-state index in [1.165, 1.54) is 0 Å². The summed E-state index contributed by atoms with van der Waals surface area (Å²) in [5, 5.41) is 1.18. The summed E-state index contributed by atoms with van der Waals surface area (Å²) < 4.78 is 46.6. The van der Waals surface area contributed by atoms with Crippen LogP contribution >= 0.6 is 24.4 Å². The van der Waals surface area contributed by atoms with E-state index < -0.39 is 17.6 Å². The normalized spacial score (nSPS) is 12.1. The molecule has 0 aliphatic carbocycles. The minimum Gasteiger partial charge on any atom is -0.487 e. The zero-order valence-corrected chi connectivity index (χ0v) is 26.3. The molecule has 0 N–H and O–H groups in total. The quantitative estimate of drug-likeness (QED) is 0.0814. The van der Waals surface area contributed by atoms with Crippen molar-refractivity contribution in [1.82, 2.24) is 0 Å². The molecule has 0 amide bonds. The second-order valence-corrected chi connectivity index (χ2v) is 13.8. The predicted octanol–water partition coefficient (Wildman–Crippen LogP) is 5.72. The van der Waals surface area contributed by atoms with Crippen molar-refractivity contribution in [2.24, 2.45) is 0 Å². The number of rotatable bonds is 24. The number of thiocarbonyl (C=S) groups is 2. The van der Waals surface area contributed by atoms with Crippen LogP contribution < -0.4 is 0 Å². The van der Waals surface area contributed by atoms with Crippen LogP contribution in [0.4, 0.5) is 0 Å². The lowest BCUT2D eigenvalue weighted by Gasteiger charge is -2.28. The van der Waals surface area contributed by atoms with Crippen LogP contribution in [-0.4, -0.2) is 80.6 Å². The van der Waals surface area contributed by atoms with E-state index in [1.807, 2.05) is 41.5 Å². The molecule has 0 aliphatic rings. The summed E-state index contributed by atoms with van der Waals surface area (Å²) in [7, 11) is -5.26. The second kappa shape index (κ2) is 22.0. The highest BCUT2D eigenvalue weighted by atomic mass is 32.1. The highest BCUT2D eigenvalue weighted by molar-refractivity contribution is 7.80. The Labute approximate surface area is 226 Å². The minimum absolute atomic E-state index is 0.521. The first-order valence-corrected chi connectivity index (χ1v) is 17.7. The molecule has 0 radical (unpaired) electrons. The van der Waals surface area contributed by atoms with E-state index in [0.29, 0.717) is 87.9 Å². The van der Waals surface area contributed by atoms with Gasteiger partial charge in [-0.3, -0.25) is 0 Å². The predicted molar refractivity (Wildman–Crippen MR) is 151 cm³/mol. The fourth-order valence-corrected chi connectivity index (χ4v) is 9.09. The highest BCUT2D eigenvalue weighted by Crippen LogP contribution is 2.19. The first-order valence-electron chi connectivity index (χ1n) is 13.0. The van der Waals surface area contributed by atoms with Gasteiger partial charge in [0.1, 0.15) is 0 Å². The molecule has 0 heterocycles. The average molecular weight is 573 g/mol. The van der Waals surface area contributed by atoms with Gasteiger partial charge in [-0.05, 0) is 85.2 Å². The van der Waals surface area contributed by atoms with Gasteiger partial charge < -0.3 is 36.0 Å². The van der Waals surface area contributed by atoms with Crippen molar-refractivity contribution in [3.63, 3.8) is 0 Å². The van der Waals surface area contributed by atoms with Gasteiger partial charge in [-0.15, -0.1) is 0 Å². The molecule has 0 aromatic rings. The lowest BCUT2D eigenvalue weighted by Crippen LogP contribution is -2.46. The summed E-state index contributed by atoms with van der Waals surface area (Å²) in [6.45, 7) is 16.2. The van der Waals surface area contributed by atoms with Gasteiger partial charge in [0.05, 0.1) is 13.2 Å². The van der Waals surface area contributed by atoms with Gasteiger partial charge in [-0.1, -0.05) is 0 Å². The van der Waals surface area contributed by atoms with Crippen LogP contribution in [0, 0.1) is 0 Å². The number of ether oxygens (including phenoxy) is 2. The Morgan fingerprint density at radius 1 is 0.486 bits per heavy atom. The van der Waals surface area contributed by atoms with Crippen molar-refractivity contribution in [3.8, 4) is 0 Å². The third-order valence-electron chi connectivity index (χ3n) is 4.73. The van der Waals surface area contributed by atoms with Crippen molar-refractivity contribution >= 4 is 52.1 Å². The summed E-state index contributed by atoms with van der Waals surface area (Å²) in [5.74, 6) is 0. The van der Waals surface area contributed by atoms with Crippen molar-refractivity contribution in [2.45, 2.75) is 85.7 Å². The molecule has 8 nitrogen and oxygen atoms in total. The molecule has 12 heteroatoms. The molecule has 0 aromatic carbocycles. The van der Waals surface area contributed by atoms with E-state index in [1.54, 1.807) is 0 Å². The molecule has 35 heavy (non-hydrogen) atoms. The van der Waals surface area contributed by atoms with E-state index in [2.05, 4.69) is 0 Å². The Morgan fingerprint density at radius 3 is 1.03 bits per heavy atom. The molecular formula is C23H48O8S2Si2. The molecule has 0 rings (SSSR count). The lowest BCUT2D eigenvalue weighted by molar-refractivity contribution is 0.0688. The molecule has 0 spiro atoms. The first-order chi connectivity index (χ1) is 16.9. The van der Waals surface area contributed by atoms with Crippen LogP contribution in [0.25, 0.3) is 0 Å². The Bertz CT molecular complexity index is 478. The maximum absolute atomic E-state index is 5.86. The van der Waals surface area contributed by atoms with Crippen LogP contribution in [0.2, 0.25) is 12.1 Å². The van der Waals surface area contributed by atoms with E-state index >= 15 is 0 Å². The van der Waals surface area contributed by atoms with Crippen molar-refractivity contribution < 1.29 is 36.0 Å². The number of hydrogen-bond donors (Lipinski definition) is 0. The first kappa shape index (κ1) is 35.0. The molecule has 0 saturated heterocycles. The molecule has 0 bridgehead atoms. The lowest BCUT2D eigenvalue weighted by atomic mass is 10.2. The molecule has 0 unspecified atom stereocenters. The Morgan fingerprint density at radius 2 is 0.771 bits per heavy atom. The van der Waals surface area contributed by atoms with Gasteiger partial charge >= 0.3 is 17.6 Å².